The Kier molecular flexibility index (Phi) is 4.74. The van der Waals surface area contributed by atoms with Gasteiger partial charge in [0, 0.05) is 18.9 Å². The molecule has 4 nitrogen and oxygen atoms in total. The number of imidazole rings is 1. The predicted molar refractivity (Wildman–Crippen MR) is 72.0 cm³/mol. The summed E-state index contributed by atoms with van der Waals surface area (Å²) < 4.78 is 1.98. The molecule has 0 aliphatic rings. The normalized spacial score (nSPS) is 15.4. The lowest BCUT2D eigenvalue weighted by Crippen LogP contribution is -2.48. The third-order valence-corrected chi connectivity index (χ3v) is 3.09. The molecule has 17 heavy (non-hydrogen) atoms. The van der Waals surface area contributed by atoms with Crippen molar-refractivity contribution in [2.75, 3.05) is 0 Å². The van der Waals surface area contributed by atoms with Gasteiger partial charge in [-0.15, -0.1) is 0 Å². The highest BCUT2D eigenvalue weighted by Crippen LogP contribution is 2.21. The SMILES string of the molecule is CC(Br)C(=O)NC(Cn1ccnc1)C(C)(C)C. The predicted octanol–water partition coefficient (Wildman–Crippen LogP) is 2.20. The largest absolute Gasteiger partial charge is 0.350 e. The number of carbonyl (C=O) groups is 1. The van der Waals surface area contributed by atoms with E-state index in [0.717, 1.165) is 6.54 Å². The molecule has 5 heteroatoms. The van der Waals surface area contributed by atoms with Gasteiger partial charge in [0.2, 0.25) is 5.91 Å². The fraction of sp³-hybridized carbons (Fsp3) is 0.667. The minimum atomic E-state index is -0.171. The van der Waals surface area contributed by atoms with Gasteiger partial charge < -0.3 is 9.88 Å². The highest BCUT2D eigenvalue weighted by atomic mass is 79.9. The molecule has 0 aliphatic heterocycles. The highest BCUT2D eigenvalue weighted by molar-refractivity contribution is 9.10. The van der Waals surface area contributed by atoms with Crippen LogP contribution in [0.1, 0.15) is 27.7 Å². The molecule has 2 atom stereocenters. The molecular weight excluding hydrogens is 282 g/mol. The summed E-state index contributed by atoms with van der Waals surface area (Å²) in [5.41, 5.74) is 0.00181. The number of rotatable bonds is 4. The summed E-state index contributed by atoms with van der Waals surface area (Å²) in [6, 6.07) is 0.0733. The minimum Gasteiger partial charge on any atom is -0.350 e. The molecule has 1 amide bonds. The van der Waals surface area contributed by atoms with Crippen molar-refractivity contribution in [3.05, 3.63) is 18.7 Å². The van der Waals surface area contributed by atoms with E-state index in [2.05, 4.69) is 47.0 Å². The second-order valence-electron chi connectivity index (χ2n) is 5.30. The van der Waals surface area contributed by atoms with Crippen molar-refractivity contribution in [3.8, 4) is 0 Å². The number of carbonyl (C=O) groups excluding carboxylic acids is 1. The van der Waals surface area contributed by atoms with Gasteiger partial charge in [0.1, 0.15) is 0 Å². The standard InChI is InChI=1S/C12H20BrN3O/c1-9(13)11(17)15-10(12(2,3)4)7-16-6-5-14-8-16/h5-6,8-10H,7H2,1-4H3,(H,15,17). The molecule has 0 fully saturated rings. The first-order valence-corrected chi connectivity index (χ1v) is 6.62. The number of halogens is 1. The van der Waals surface area contributed by atoms with Crippen LogP contribution in [0.4, 0.5) is 0 Å². The van der Waals surface area contributed by atoms with E-state index in [9.17, 15) is 4.79 Å². The van der Waals surface area contributed by atoms with Crippen LogP contribution in [0.15, 0.2) is 18.7 Å². The third-order valence-electron chi connectivity index (χ3n) is 2.68. The van der Waals surface area contributed by atoms with Crippen LogP contribution in [0.2, 0.25) is 0 Å². The first kappa shape index (κ1) is 14.2. The molecule has 0 aromatic carbocycles. The van der Waals surface area contributed by atoms with Gasteiger partial charge in [-0.25, -0.2) is 4.98 Å². The van der Waals surface area contributed by atoms with Crippen molar-refractivity contribution in [1.82, 2.24) is 14.9 Å². The second kappa shape index (κ2) is 5.67. The summed E-state index contributed by atoms with van der Waals surface area (Å²) >= 11 is 3.28. The van der Waals surface area contributed by atoms with Crippen molar-refractivity contribution in [2.24, 2.45) is 5.41 Å². The Labute approximate surface area is 111 Å². The summed E-state index contributed by atoms with van der Waals surface area (Å²) in [6.07, 6.45) is 5.42. The highest BCUT2D eigenvalue weighted by Gasteiger charge is 2.27. The summed E-state index contributed by atoms with van der Waals surface area (Å²) in [7, 11) is 0. The fourth-order valence-corrected chi connectivity index (χ4v) is 1.56. The molecule has 0 aliphatic carbocycles. The topological polar surface area (TPSA) is 46.9 Å². The molecular formula is C12H20BrN3O. The number of hydrogen-bond donors (Lipinski definition) is 1. The summed E-state index contributed by atoms with van der Waals surface area (Å²) in [6.45, 7) is 8.91. The van der Waals surface area contributed by atoms with E-state index in [1.807, 2.05) is 17.7 Å². The van der Waals surface area contributed by atoms with E-state index in [4.69, 9.17) is 0 Å². The van der Waals surface area contributed by atoms with Gasteiger partial charge in [-0.3, -0.25) is 4.79 Å². The number of nitrogens with zero attached hydrogens (tertiary/aromatic N) is 2. The minimum absolute atomic E-state index is 0.00181. The molecule has 1 aromatic rings. The van der Waals surface area contributed by atoms with Gasteiger partial charge in [0.15, 0.2) is 0 Å². The quantitative estimate of drug-likeness (QED) is 0.867. The Morgan fingerprint density at radius 2 is 2.18 bits per heavy atom. The van der Waals surface area contributed by atoms with E-state index in [1.165, 1.54) is 0 Å². The van der Waals surface area contributed by atoms with Crippen LogP contribution >= 0.6 is 15.9 Å². The zero-order valence-electron chi connectivity index (χ0n) is 10.8. The van der Waals surface area contributed by atoms with E-state index >= 15 is 0 Å². The van der Waals surface area contributed by atoms with Crippen LogP contribution in [0.25, 0.3) is 0 Å². The van der Waals surface area contributed by atoms with Crippen molar-refractivity contribution in [2.45, 2.75) is 45.1 Å². The maximum atomic E-state index is 11.7. The van der Waals surface area contributed by atoms with Gasteiger partial charge in [-0.05, 0) is 12.3 Å². The number of alkyl halides is 1. The van der Waals surface area contributed by atoms with Gasteiger partial charge in [0.25, 0.3) is 0 Å². The van der Waals surface area contributed by atoms with Crippen molar-refractivity contribution in [3.63, 3.8) is 0 Å². The Morgan fingerprint density at radius 1 is 1.53 bits per heavy atom. The molecule has 1 rings (SSSR count). The fourth-order valence-electron chi connectivity index (χ4n) is 1.43. The number of aromatic nitrogens is 2. The Balaban J connectivity index is 2.72. The Morgan fingerprint density at radius 3 is 2.59 bits per heavy atom. The smallest absolute Gasteiger partial charge is 0.233 e. The van der Waals surface area contributed by atoms with Gasteiger partial charge in [-0.1, -0.05) is 36.7 Å². The molecule has 0 bridgehead atoms. The monoisotopic (exact) mass is 301 g/mol. The average molecular weight is 302 g/mol. The lowest BCUT2D eigenvalue weighted by Gasteiger charge is -2.32. The van der Waals surface area contributed by atoms with Crippen LogP contribution in [0, 0.1) is 5.41 Å². The van der Waals surface area contributed by atoms with Crippen LogP contribution in [0.3, 0.4) is 0 Å². The van der Waals surface area contributed by atoms with Gasteiger partial charge in [-0.2, -0.15) is 0 Å². The second-order valence-corrected chi connectivity index (χ2v) is 6.68. The zero-order valence-corrected chi connectivity index (χ0v) is 12.4. The van der Waals surface area contributed by atoms with Gasteiger partial charge >= 0.3 is 0 Å². The van der Waals surface area contributed by atoms with E-state index in [0.29, 0.717) is 0 Å². The average Bonchev–Trinajstić information content (AvgIpc) is 2.67. The van der Waals surface area contributed by atoms with E-state index in [1.54, 1.807) is 12.5 Å². The maximum Gasteiger partial charge on any atom is 0.233 e. The van der Waals surface area contributed by atoms with Crippen molar-refractivity contribution in [1.29, 1.82) is 0 Å². The maximum absolute atomic E-state index is 11.7. The van der Waals surface area contributed by atoms with E-state index in [-0.39, 0.29) is 22.2 Å². The molecule has 96 valence electrons. The third kappa shape index (κ3) is 4.50. The summed E-state index contributed by atoms with van der Waals surface area (Å²) in [4.78, 5) is 15.6. The van der Waals surface area contributed by atoms with Crippen molar-refractivity contribution >= 4 is 21.8 Å². The Bertz CT molecular complexity index is 354. The molecule has 0 saturated carbocycles. The van der Waals surface area contributed by atoms with Crippen LogP contribution in [-0.2, 0) is 11.3 Å². The number of amides is 1. The van der Waals surface area contributed by atoms with Crippen LogP contribution in [0.5, 0.6) is 0 Å². The number of nitrogens with one attached hydrogen (secondary N) is 1. The summed E-state index contributed by atoms with van der Waals surface area (Å²) in [5.74, 6) is 0.0186. The molecule has 0 radical (unpaired) electrons. The van der Waals surface area contributed by atoms with Crippen molar-refractivity contribution < 1.29 is 4.79 Å². The van der Waals surface area contributed by atoms with Crippen LogP contribution in [-0.4, -0.2) is 26.3 Å². The lowest BCUT2D eigenvalue weighted by molar-refractivity contribution is -0.121. The number of hydrogen-bond acceptors (Lipinski definition) is 2. The molecule has 2 unspecified atom stereocenters. The molecule has 0 spiro atoms. The van der Waals surface area contributed by atoms with Gasteiger partial charge in [0.05, 0.1) is 17.2 Å². The van der Waals surface area contributed by atoms with Crippen LogP contribution < -0.4 is 5.32 Å². The molecule has 1 aromatic heterocycles. The molecule has 1 heterocycles. The summed E-state index contributed by atoms with van der Waals surface area (Å²) in [5, 5.41) is 3.06. The van der Waals surface area contributed by atoms with E-state index < -0.39 is 0 Å². The zero-order chi connectivity index (χ0) is 13.1. The molecule has 1 N–H and O–H groups in total. The first-order valence-electron chi connectivity index (χ1n) is 5.71. The molecule has 0 saturated heterocycles. The lowest BCUT2D eigenvalue weighted by atomic mass is 9.86. The first-order chi connectivity index (χ1) is 7.80. The Hall–Kier alpha value is -0.840.